The van der Waals surface area contributed by atoms with Crippen molar-refractivity contribution in [2.24, 2.45) is 0 Å². The zero-order valence-corrected chi connectivity index (χ0v) is 10.3. The fourth-order valence-corrected chi connectivity index (χ4v) is 1.68. The molecule has 90 valence electrons. The average molecular weight is 262 g/mol. The van der Waals surface area contributed by atoms with Crippen LogP contribution in [-0.4, -0.2) is 0 Å². The third-order valence-corrected chi connectivity index (χ3v) is 2.66. The number of hydrogen-bond donors (Lipinski definition) is 0. The van der Waals surface area contributed by atoms with Crippen molar-refractivity contribution in [2.75, 3.05) is 0 Å². The van der Waals surface area contributed by atoms with E-state index >= 15 is 0 Å². The molecule has 0 atom stereocenters. The monoisotopic (exact) mass is 261 g/mol. The minimum Gasteiger partial charge on any atom is -0.453 e. The Balaban J connectivity index is 2.34. The van der Waals surface area contributed by atoms with Gasteiger partial charge in [0.25, 0.3) is 0 Å². The molecule has 0 aliphatic carbocycles. The van der Waals surface area contributed by atoms with Crippen LogP contribution >= 0.6 is 11.6 Å². The smallest absolute Gasteiger partial charge is 0.165 e. The summed E-state index contributed by atoms with van der Waals surface area (Å²) in [6.45, 7) is 1.84. The van der Waals surface area contributed by atoms with Crippen LogP contribution in [-0.2, 0) is 0 Å². The fourth-order valence-electron chi connectivity index (χ4n) is 1.46. The molecule has 0 saturated heterocycles. The number of rotatable bonds is 2. The van der Waals surface area contributed by atoms with Gasteiger partial charge in [0.2, 0.25) is 0 Å². The molecule has 0 heterocycles. The van der Waals surface area contributed by atoms with Gasteiger partial charge in [0, 0.05) is 0 Å². The molecule has 0 radical (unpaired) electrons. The maximum Gasteiger partial charge on any atom is 0.165 e. The molecule has 0 aliphatic rings. The molecule has 2 aromatic carbocycles. The molecule has 4 heteroatoms. The van der Waals surface area contributed by atoms with E-state index in [1.165, 1.54) is 12.1 Å². The number of nitriles is 1. The average Bonchev–Trinajstić information content (AvgIpc) is 2.36. The van der Waals surface area contributed by atoms with Crippen LogP contribution in [0.15, 0.2) is 36.4 Å². The second-order valence-corrected chi connectivity index (χ2v) is 4.20. The Morgan fingerprint density at radius 1 is 1.17 bits per heavy atom. The molecule has 0 bridgehead atoms. The summed E-state index contributed by atoms with van der Waals surface area (Å²) >= 11 is 5.95. The Labute approximate surface area is 109 Å². The maximum absolute atomic E-state index is 13.5. The molecular weight excluding hydrogens is 253 g/mol. The first-order valence-corrected chi connectivity index (χ1v) is 5.61. The van der Waals surface area contributed by atoms with Gasteiger partial charge in [0.05, 0.1) is 16.7 Å². The molecule has 0 unspecified atom stereocenters. The highest BCUT2D eigenvalue weighted by atomic mass is 35.5. The zero-order chi connectivity index (χ0) is 13.1. The van der Waals surface area contributed by atoms with Crippen LogP contribution in [0, 0.1) is 24.1 Å². The van der Waals surface area contributed by atoms with Gasteiger partial charge in [-0.1, -0.05) is 17.7 Å². The molecule has 0 fully saturated rings. The van der Waals surface area contributed by atoms with Gasteiger partial charge in [0.15, 0.2) is 11.6 Å². The van der Waals surface area contributed by atoms with Crippen LogP contribution in [0.1, 0.15) is 11.1 Å². The number of benzene rings is 2. The summed E-state index contributed by atoms with van der Waals surface area (Å²) in [5.74, 6) is -0.0252. The van der Waals surface area contributed by atoms with Crippen molar-refractivity contribution in [3.05, 3.63) is 58.4 Å². The molecule has 0 N–H and O–H groups in total. The molecule has 0 aromatic heterocycles. The zero-order valence-electron chi connectivity index (χ0n) is 9.58. The Morgan fingerprint density at radius 2 is 1.94 bits per heavy atom. The van der Waals surface area contributed by atoms with Gasteiger partial charge in [-0.25, -0.2) is 4.39 Å². The molecule has 0 spiro atoms. The highest BCUT2D eigenvalue weighted by molar-refractivity contribution is 6.32. The molecule has 0 aliphatic heterocycles. The van der Waals surface area contributed by atoms with Crippen LogP contribution in [0.25, 0.3) is 0 Å². The number of aryl methyl sites for hydroxylation is 1. The van der Waals surface area contributed by atoms with Gasteiger partial charge >= 0.3 is 0 Å². The summed E-state index contributed by atoms with van der Waals surface area (Å²) in [6.07, 6.45) is 0. The van der Waals surface area contributed by atoms with Crippen LogP contribution in [0.2, 0.25) is 5.02 Å². The van der Waals surface area contributed by atoms with E-state index in [-0.39, 0.29) is 10.8 Å². The first-order chi connectivity index (χ1) is 8.60. The van der Waals surface area contributed by atoms with Crippen molar-refractivity contribution >= 4 is 11.6 Å². The largest absolute Gasteiger partial charge is 0.453 e. The highest BCUT2D eigenvalue weighted by Crippen LogP contribution is 2.31. The van der Waals surface area contributed by atoms with Gasteiger partial charge in [-0.3, -0.25) is 0 Å². The minimum atomic E-state index is -0.457. The lowest BCUT2D eigenvalue weighted by atomic mass is 10.2. The summed E-state index contributed by atoms with van der Waals surface area (Å²) in [5.41, 5.74) is 1.31. The van der Waals surface area contributed by atoms with Crippen molar-refractivity contribution in [1.29, 1.82) is 5.26 Å². The van der Waals surface area contributed by atoms with E-state index in [9.17, 15) is 4.39 Å². The van der Waals surface area contributed by atoms with E-state index in [4.69, 9.17) is 21.6 Å². The van der Waals surface area contributed by atoms with Crippen molar-refractivity contribution in [3.63, 3.8) is 0 Å². The Kier molecular flexibility index (Phi) is 3.50. The summed E-state index contributed by atoms with van der Waals surface area (Å²) in [5, 5.41) is 8.99. The van der Waals surface area contributed by atoms with Gasteiger partial charge in [-0.15, -0.1) is 0 Å². The minimum absolute atomic E-state index is 0.113. The summed E-state index contributed by atoms with van der Waals surface area (Å²) in [4.78, 5) is 0. The van der Waals surface area contributed by atoms with Crippen LogP contribution in [0.5, 0.6) is 11.5 Å². The number of ether oxygens (including phenoxy) is 1. The number of hydrogen-bond acceptors (Lipinski definition) is 2. The lowest BCUT2D eigenvalue weighted by Crippen LogP contribution is -1.90. The van der Waals surface area contributed by atoms with Gasteiger partial charge < -0.3 is 4.74 Å². The van der Waals surface area contributed by atoms with Crippen molar-refractivity contribution < 1.29 is 9.13 Å². The van der Waals surface area contributed by atoms with Crippen LogP contribution in [0.3, 0.4) is 0 Å². The SMILES string of the molecule is Cc1ccc(F)c(Oc2ccc(C#N)cc2Cl)c1. The third kappa shape index (κ3) is 2.61. The second-order valence-electron chi connectivity index (χ2n) is 3.79. The molecule has 0 saturated carbocycles. The summed E-state index contributed by atoms with van der Waals surface area (Å²) in [6, 6.07) is 11.1. The lowest BCUT2D eigenvalue weighted by Gasteiger charge is -2.09. The maximum atomic E-state index is 13.5. The quantitative estimate of drug-likeness (QED) is 0.800. The second kappa shape index (κ2) is 5.07. The van der Waals surface area contributed by atoms with E-state index in [0.29, 0.717) is 11.3 Å². The summed E-state index contributed by atoms with van der Waals surface area (Å²) in [7, 11) is 0. The van der Waals surface area contributed by atoms with E-state index in [2.05, 4.69) is 0 Å². The van der Waals surface area contributed by atoms with Crippen LogP contribution < -0.4 is 4.74 Å². The van der Waals surface area contributed by atoms with Crippen molar-refractivity contribution in [2.45, 2.75) is 6.92 Å². The van der Waals surface area contributed by atoms with Crippen LogP contribution in [0.4, 0.5) is 4.39 Å². The molecule has 18 heavy (non-hydrogen) atoms. The van der Waals surface area contributed by atoms with E-state index < -0.39 is 5.82 Å². The van der Waals surface area contributed by atoms with E-state index in [1.807, 2.05) is 13.0 Å². The predicted octanol–water partition coefficient (Wildman–Crippen LogP) is 4.45. The summed E-state index contributed by atoms with van der Waals surface area (Å²) < 4.78 is 18.9. The molecule has 2 nitrogen and oxygen atoms in total. The standard InChI is InChI=1S/C14H9ClFNO/c1-9-2-4-12(16)14(6-9)18-13-5-3-10(8-17)7-11(13)15/h2-7H,1H3. The normalized spacial score (nSPS) is 9.89. The number of halogens is 2. The Bertz CT molecular complexity index is 634. The highest BCUT2D eigenvalue weighted by Gasteiger charge is 2.08. The van der Waals surface area contributed by atoms with E-state index in [1.54, 1.807) is 24.3 Å². The molecule has 2 aromatic rings. The van der Waals surface area contributed by atoms with Gasteiger partial charge in [-0.2, -0.15) is 5.26 Å². The van der Waals surface area contributed by atoms with Gasteiger partial charge in [0.1, 0.15) is 5.75 Å². The Hall–Kier alpha value is -2.05. The molecular formula is C14H9ClFNO. The lowest BCUT2D eigenvalue weighted by molar-refractivity contribution is 0.442. The van der Waals surface area contributed by atoms with Crippen molar-refractivity contribution in [1.82, 2.24) is 0 Å². The van der Waals surface area contributed by atoms with Crippen molar-refractivity contribution in [3.8, 4) is 17.6 Å². The predicted molar refractivity (Wildman–Crippen MR) is 67.4 cm³/mol. The van der Waals surface area contributed by atoms with Gasteiger partial charge in [-0.05, 0) is 42.8 Å². The molecule has 2 rings (SSSR count). The first kappa shape index (κ1) is 12.4. The topological polar surface area (TPSA) is 33.0 Å². The Morgan fingerprint density at radius 3 is 2.61 bits per heavy atom. The fraction of sp³-hybridized carbons (Fsp3) is 0.0714. The number of nitrogens with zero attached hydrogens (tertiary/aromatic N) is 1. The molecule has 0 amide bonds. The third-order valence-electron chi connectivity index (χ3n) is 2.37. The first-order valence-electron chi connectivity index (χ1n) is 5.24. The van der Waals surface area contributed by atoms with E-state index in [0.717, 1.165) is 5.56 Å².